The molecule has 0 aliphatic carbocycles. The van der Waals surface area contributed by atoms with Gasteiger partial charge in [0.1, 0.15) is 18.0 Å². The second kappa shape index (κ2) is 9.62. The van der Waals surface area contributed by atoms with Crippen molar-refractivity contribution in [1.29, 1.82) is 0 Å². The number of hydrogen-bond acceptors (Lipinski definition) is 6. The van der Waals surface area contributed by atoms with E-state index in [1.54, 1.807) is 7.11 Å². The lowest BCUT2D eigenvalue weighted by molar-refractivity contribution is 0.117. The van der Waals surface area contributed by atoms with E-state index >= 15 is 0 Å². The van der Waals surface area contributed by atoms with Gasteiger partial charge in [0.25, 0.3) is 0 Å². The van der Waals surface area contributed by atoms with Gasteiger partial charge in [0.2, 0.25) is 5.95 Å². The Bertz CT molecular complexity index is 1060. The van der Waals surface area contributed by atoms with Gasteiger partial charge >= 0.3 is 0 Å². The van der Waals surface area contributed by atoms with Crippen LogP contribution in [0.2, 0.25) is 0 Å². The van der Waals surface area contributed by atoms with Gasteiger partial charge in [0.05, 0.1) is 12.3 Å². The third kappa shape index (κ3) is 5.23. The molecule has 1 atom stereocenters. The molecule has 7 nitrogen and oxygen atoms in total. The Morgan fingerprint density at radius 1 is 1.09 bits per heavy atom. The zero-order valence-corrected chi connectivity index (χ0v) is 18.6. The van der Waals surface area contributed by atoms with Gasteiger partial charge in [-0.3, -0.25) is 4.90 Å². The first-order chi connectivity index (χ1) is 15.4. The molecule has 0 saturated carbocycles. The molecule has 2 aromatic carbocycles. The number of ether oxygens (including phenoxy) is 1. The topological polar surface area (TPSA) is 58.5 Å². The maximum Gasteiger partial charge on any atom is 0.246 e. The van der Waals surface area contributed by atoms with Crippen molar-refractivity contribution in [3.8, 4) is 5.69 Å². The molecule has 1 fully saturated rings. The lowest BCUT2D eigenvalue weighted by Crippen LogP contribution is -2.52. The molecule has 1 aromatic heterocycles. The van der Waals surface area contributed by atoms with Crippen LogP contribution >= 0.6 is 0 Å². The molecule has 2 heterocycles. The van der Waals surface area contributed by atoms with E-state index < -0.39 is 11.6 Å². The normalized spacial score (nSPS) is 17.0. The molecule has 4 rings (SSSR count). The zero-order chi connectivity index (χ0) is 22.7. The standard InChI is InChI=1S/C23H28F2N6O.H2/c1-16-8-20(13-21(9-16)30-5-4-29(6-7-32-3)17(2)14-30)27-23-26-15-31(28-23)22-11-18(24)10-19(25)12-22;/h8-13,15,17H,4-7,14H2,1-3H3,(H,27,28);1H. The Hall–Kier alpha value is -3.04. The molecule has 172 valence electrons. The number of rotatable bonds is 7. The summed E-state index contributed by atoms with van der Waals surface area (Å²) >= 11 is 0. The van der Waals surface area contributed by atoms with Gasteiger partial charge < -0.3 is 15.0 Å². The molecule has 3 aromatic rings. The summed E-state index contributed by atoms with van der Waals surface area (Å²) in [4.78, 5) is 9.06. The minimum absolute atomic E-state index is 0. The molecule has 32 heavy (non-hydrogen) atoms. The fourth-order valence-electron chi connectivity index (χ4n) is 4.03. The minimum Gasteiger partial charge on any atom is -0.383 e. The Morgan fingerprint density at radius 3 is 2.59 bits per heavy atom. The van der Waals surface area contributed by atoms with E-state index in [-0.39, 0.29) is 7.11 Å². The highest BCUT2D eigenvalue weighted by molar-refractivity contribution is 5.64. The van der Waals surface area contributed by atoms with Crippen LogP contribution < -0.4 is 10.2 Å². The van der Waals surface area contributed by atoms with Crippen molar-refractivity contribution in [3.63, 3.8) is 0 Å². The fourth-order valence-corrected chi connectivity index (χ4v) is 4.03. The molecule has 1 N–H and O–H groups in total. The van der Waals surface area contributed by atoms with Crippen LogP contribution in [-0.2, 0) is 4.74 Å². The van der Waals surface area contributed by atoms with Gasteiger partial charge in [-0.15, -0.1) is 5.10 Å². The van der Waals surface area contributed by atoms with Crippen LogP contribution in [0.4, 0.5) is 26.1 Å². The zero-order valence-electron chi connectivity index (χ0n) is 18.6. The molecule has 0 bridgehead atoms. The number of methoxy groups -OCH3 is 1. The fraction of sp³-hybridized carbons (Fsp3) is 0.391. The molecule has 1 aliphatic rings. The van der Waals surface area contributed by atoms with Crippen LogP contribution in [0, 0.1) is 18.6 Å². The number of aryl methyl sites for hydroxylation is 1. The third-order valence-electron chi connectivity index (χ3n) is 5.63. The smallest absolute Gasteiger partial charge is 0.246 e. The van der Waals surface area contributed by atoms with Crippen molar-refractivity contribution < 1.29 is 14.9 Å². The number of anilines is 3. The molecular weight excluding hydrogens is 414 g/mol. The van der Waals surface area contributed by atoms with Gasteiger partial charge in [-0.2, -0.15) is 4.98 Å². The number of halogens is 2. The van der Waals surface area contributed by atoms with Crippen molar-refractivity contribution >= 4 is 17.3 Å². The number of nitrogens with one attached hydrogen (secondary N) is 1. The molecule has 1 saturated heterocycles. The van der Waals surface area contributed by atoms with Crippen LogP contribution in [0.25, 0.3) is 5.69 Å². The van der Waals surface area contributed by atoms with E-state index in [1.807, 2.05) is 6.07 Å². The van der Waals surface area contributed by atoms with E-state index in [0.717, 1.165) is 55.8 Å². The van der Waals surface area contributed by atoms with Crippen molar-refractivity contribution in [3.05, 3.63) is 59.9 Å². The summed E-state index contributed by atoms with van der Waals surface area (Å²) in [6.45, 7) is 8.83. The van der Waals surface area contributed by atoms with Crippen LogP contribution in [0.5, 0.6) is 0 Å². The van der Waals surface area contributed by atoms with Gasteiger partial charge in [-0.25, -0.2) is 13.5 Å². The maximum absolute atomic E-state index is 13.5. The maximum atomic E-state index is 13.5. The first kappa shape index (κ1) is 22.2. The molecular formula is C23H30F2N6O. The summed E-state index contributed by atoms with van der Waals surface area (Å²) in [7, 11) is 1.73. The van der Waals surface area contributed by atoms with E-state index in [9.17, 15) is 8.78 Å². The molecule has 9 heteroatoms. The Kier molecular flexibility index (Phi) is 6.66. The molecule has 1 aliphatic heterocycles. The van der Waals surface area contributed by atoms with E-state index in [0.29, 0.717) is 12.0 Å². The van der Waals surface area contributed by atoms with Crippen LogP contribution in [0.3, 0.4) is 0 Å². The summed E-state index contributed by atoms with van der Waals surface area (Å²) < 4.78 is 33.6. The average Bonchev–Trinajstić information content (AvgIpc) is 3.20. The third-order valence-corrected chi connectivity index (χ3v) is 5.63. The second-order valence-corrected chi connectivity index (χ2v) is 8.15. The van der Waals surface area contributed by atoms with E-state index in [2.05, 4.69) is 51.2 Å². The quantitative estimate of drug-likeness (QED) is 0.595. The number of benzene rings is 2. The Labute approximate surface area is 188 Å². The van der Waals surface area contributed by atoms with Crippen LogP contribution in [0.15, 0.2) is 42.7 Å². The average molecular weight is 445 g/mol. The summed E-state index contributed by atoms with van der Waals surface area (Å²) in [5.41, 5.74) is 3.38. The summed E-state index contributed by atoms with van der Waals surface area (Å²) in [5.74, 6) is -0.973. The molecule has 0 radical (unpaired) electrons. The monoisotopic (exact) mass is 444 g/mol. The van der Waals surface area contributed by atoms with Gasteiger partial charge in [0.15, 0.2) is 0 Å². The lowest BCUT2D eigenvalue weighted by atomic mass is 10.1. The van der Waals surface area contributed by atoms with E-state index in [1.165, 1.54) is 23.1 Å². The van der Waals surface area contributed by atoms with Crippen molar-refractivity contribution in [2.45, 2.75) is 19.9 Å². The number of hydrogen-bond donors (Lipinski definition) is 1. The molecule has 0 amide bonds. The highest BCUT2D eigenvalue weighted by atomic mass is 19.1. The molecule has 0 spiro atoms. The largest absolute Gasteiger partial charge is 0.383 e. The number of aromatic nitrogens is 3. The van der Waals surface area contributed by atoms with Gasteiger partial charge in [-0.05, 0) is 49.7 Å². The highest BCUT2D eigenvalue weighted by Crippen LogP contribution is 2.26. The second-order valence-electron chi connectivity index (χ2n) is 8.15. The lowest BCUT2D eigenvalue weighted by Gasteiger charge is -2.41. The SMILES string of the molecule is COCCN1CCN(c2cc(C)cc(Nc3ncn(-c4cc(F)cc(F)c4)n3)c2)CC1C.[HH]. The van der Waals surface area contributed by atoms with Gasteiger partial charge in [0, 0.05) is 58.2 Å². The van der Waals surface area contributed by atoms with Crippen molar-refractivity contribution in [2.75, 3.05) is 50.1 Å². The highest BCUT2D eigenvalue weighted by Gasteiger charge is 2.23. The minimum atomic E-state index is -0.662. The Balaban J connectivity index is 0.00000306. The van der Waals surface area contributed by atoms with Gasteiger partial charge in [-0.1, -0.05) is 0 Å². The first-order valence-electron chi connectivity index (χ1n) is 10.7. The predicted octanol–water partition coefficient (Wildman–Crippen LogP) is 4.00. The predicted molar refractivity (Wildman–Crippen MR) is 123 cm³/mol. The summed E-state index contributed by atoms with van der Waals surface area (Å²) in [6.07, 6.45) is 1.42. The summed E-state index contributed by atoms with van der Waals surface area (Å²) in [6, 6.07) is 9.94. The van der Waals surface area contributed by atoms with E-state index in [4.69, 9.17) is 4.74 Å². The Morgan fingerprint density at radius 2 is 1.88 bits per heavy atom. The first-order valence-corrected chi connectivity index (χ1v) is 10.7. The van der Waals surface area contributed by atoms with Crippen LogP contribution in [-0.4, -0.2) is 65.6 Å². The number of nitrogens with zero attached hydrogens (tertiary/aromatic N) is 5. The molecule has 1 unspecified atom stereocenters. The number of piperazine rings is 1. The van der Waals surface area contributed by atoms with Crippen LogP contribution in [0.1, 0.15) is 13.9 Å². The van der Waals surface area contributed by atoms with Crippen molar-refractivity contribution in [1.82, 2.24) is 19.7 Å². The summed E-state index contributed by atoms with van der Waals surface area (Å²) in [5, 5.41) is 7.52. The van der Waals surface area contributed by atoms with Crippen molar-refractivity contribution in [2.24, 2.45) is 0 Å².